The Balaban J connectivity index is 1.28. The molecular weight excluding hydrogens is 444 g/mol. The molecule has 0 saturated carbocycles. The fourth-order valence-electron chi connectivity index (χ4n) is 3.33. The van der Waals surface area contributed by atoms with Gasteiger partial charge in [0, 0.05) is 13.1 Å². The summed E-state index contributed by atoms with van der Waals surface area (Å²) in [6, 6.07) is 16.7. The highest BCUT2D eigenvalue weighted by Gasteiger charge is 2.37. The smallest absolute Gasteiger partial charge is 0.294 e. The molecule has 33 heavy (non-hydrogen) atoms. The number of hydrogen-bond acceptors (Lipinski definition) is 7. The minimum absolute atomic E-state index is 0.250. The van der Waals surface area contributed by atoms with Gasteiger partial charge in [-0.15, -0.1) is 0 Å². The largest absolute Gasteiger partial charge is 0.490 e. The zero-order valence-corrected chi connectivity index (χ0v) is 18.8. The molecule has 0 spiro atoms. The van der Waals surface area contributed by atoms with Gasteiger partial charge in [-0.2, -0.15) is 0 Å². The lowest BCUT2D eigenvalue weighted by molar-refractivity contribution is -0.139. The molecule has 2 aliphatic rings. The van der Waals surface area contributed by atoms with Crippen molar-refractivity contribution in [3.8, 4) is 11.5 Å². The maximum absolute atomic E-state index is 12.7. The van der Waals surface area contributed by atoms with Crippen LogP contribution in [-0.4, -0.2) is 72.9 Å². The van der Waals surface area contributed by atoms with Crippen LogP contribution in [0.25, 0.3) is 6.08 Å². The Kier molecular flexibility index (Phi) is 7.64. The molecule has 9 heteroatoms. The Labute approximate surface area is 196 Å². The second-order valence-electron chi connectivity index (χ2n) is 7.34. The number of benzene rings is 2. The van der Waals surface area contributed by atoms with Crippen LogP contribution in [0.4, 0.5) is 4.79 Å². The molecule has 2 fully saturated rings. The Bertz CT molecular complexity index is 1020. The highest BCUT2D eigenvalue weighted by atomic mass is 32.2. The van der Waals surface area contributed by atoms with Gasteiger partial charge in [0.15, 0.2) is 0 Å². The van der Waals surface area contributed by atoms with E-state index in [1.165, 1.54) is 0 Å². The van der Waals surface area contributed by atoms with Crippen LogP contribution >= 0.6 is 11.8 Å². The van der Waals surface area contributed by atoms with Gasteiger partial charge >= 0.3 is 0 Å². The number of carbonyl (C=O) groups is 3. The molecule has 0 bridgehead atoms. The summed E-state index contributed by atoms with van der Waals surface area (Å²) in [5.41, 5.74) is 0.757. The summed E-state index contributed by atoms with van der Waals surface area (Å²) >= 11 is 0.840. The first kappa shape index (κ1) is 22.9. The molecule has 2 heterocycles. The number of carbonyl (C=O) groups excluding carboxylic acids is 3. The van der Waals surface area contributed by atoms with Gasteiger partial charge in [0.2, 0.25) is 5.91 Å². The summed E-state index contributed by atoms with van der Waals surface area (Å²) in [7, 11) is 0. The topological polar surface area (TPSA) is 85.4 Å². The standard InChI is InChI=1S/C24H24N2O6S/c27-22(25-10-12-30-13-11-25)17-26-23(28)21(33-24(26)29)16-18-6-8-20(9-7-18)32-15-14-31-19-4-2-1-3-5-19/h1-9,16H,10-15,17H2/b21-16+. The number of nitrogens with zero attached hydrogens (tertiary/aromatic N) is 2. The minimum atomic E-state index is -0.454. The van der Waals surface area contributed by atoms with Gasteiger partial charge in [0.05, 0.1) is 18.1 Å². The lowest BCUT2D eigenvalue weighted by Gasteiger charge is -2.28. The van der Waals surface area contributed by atoms with Crippen molar-refractivity contribution in [1.29, 1.82) is 0 Å². The minimum Gasteiger partial charge on any atom is -0.490 e. The van der Waals surface area contributed by atoms with Crippen LogP contribution in [0.15, 0.2) is 59.5 Å². The van der Waals surface area contributed by atoms with Crippen molar-refractivity contribution >= 4 is 34.9 Å². The van der Waals surface area contributed by atoms with Crippen molar-refractivity contribution < 1.29 is 28.6 Å². The predicted octanol–water partition coefficient (Wildman–Crippen LogP) is 3.04. The highest BCUT2D eigenvalue weighted by molar-refractivity contribution is 8.18. The lowest BCUT2D eigenvalue weighted by Crippen LogP contribution is -2.46. The van der Waals surface area contributed by atoms with Crippen LogP contribution in [-0.2, 0) is 14.3 Å². The number of amides is 3. The SMILES string of the molecule is O=C(CN1C(=O)S/C(=C/c2ccc(OCCOc3ccccc3)cc2)C1=O)N1CCOCC1. The molecule has 0 atom stereocenters. The maximum atomic E-state index is 12.7. The van der Waals surface area contributed by atoms with E-state index in [9.17, 15) is 14.4 Å². The molecule has 0 aromatic heterocycles. The zero-order valence-electron chi connectivity index (χ0n) is 18.0. The second-order valence-corrected chi connectivity index (χ2v) is 8.33. The Morgan fingerprint density at radius 2 is 1.58 bits per heavy atom. The zero-order chi connectivity index (χ0) is 23.0. The van der Waals surface area contributed by atoms with E-state index in [-0.39, 0.29) is 12.5 Å². The van der Waals surface area contributed by atoms with Crippen molar-refractivity contribution in [3.63, 3.8) is 0 Å². The van der Waals surface area contributed by atoms with Gasteiger partial charge in [-0.25, -0.2) is 0 Å². The molecular formula is C24H24N2O6S. The summed E-state index contributed by atoms with van der Waals surface area (Å²) in [5.74, 6) is 0.759. The fourth-order valence-corrected chi connectivity index (χ4v) is 4.17. The Hall–Kier alpha value is -3.30. The Morgan fingerprint density at radius 3 is 2.24 bits per heavy atom. The Morgan fingerprint density at radius 1 is 0.939 bits per heavy atom. The first-order chi connectivity index (χ1) is 16.1. The molecule has 2 aromatic rings. The average Bonchev–Trinajstić information content (AvgIpc) is 3.11. The fraction of sp³-hybridized carbons (Fsp3) is 0.292. The van der Waals surface area contributed by atoms with Crippen molar-refractivity contribution in [2.45, 2.75) is 0 Å². The van der Waals surface area contributed by atoms with E-state index in [1.54, 1.807) is 35.2 Å². The van der Waals surface area contributed by atoms with Gasteiger partial charge < -0.3 is 19.1 Å². The highest BCUT2D eigenvalue weighted by Crippen LogP contribution is 2.32. The molecule has 8 nitrogen and oxygen atoms in total. The first-order valence-corrected chi connectivity index (χ1v) is 11.4. The number of para-hydroxylation sites is 1. The van der Waals surface area contributed by atoms with Crippen LogP contribution in [0.3, 0.4) is 0 Å². The van der Waals surface area contributed by atoms with E-state index in [1.807, 2.05) is 30.3 Å². The average molecular weight is 469 g/mol. The van der Waals surface area contributed by atoms with Crippen molar-refractivity contribution in [2.75, 3.05) is 46.1 Å². The summed E-state index contributed by atoms with van der Waals surface area (Å²) < 4.78 is 16.5. The van der Waals surface area contributed by atoms with Crippen molar-refractivity contribution in [3.05, 3.63) is 65.1 Å². The van der Waals surface area contributed by atoms with Crippen LogP contribution < -0.4 is 9.47 Å². The molecule has 0 aliphatic carbocycles. The molecule has 0 radical (unpaired) electrons. The molecule has 3 amide bonds. The third-order valence-corrected chi connectivity index (χ3v) is 5.98. The van der Waals surface area contributed by atoms with Crippen molar-refractivity contribution in [1.82, 2.24) is 9.80 Å². The normalized spacial score (nSPS) is 17.5. The van der Waals surface area contributed by atoms with Crippen LogP contribution in [0, 0.1) is 0 Å². The molecule has 2 saturated heterocycles. The third-order valence-electron chi connectivity index (χ3n) is 5.07. The predicted molar refractivity (Wildman–Crippen MR) is 124 cm³/mol. The third kappa shape index (κ3) is 6.15. The number of imide groups is 1. The van der Waals surface area contributed by atoms with Gasteiger partial charge in [-0.1, -0.05) is 30.3 Å². The van der Waals surface area contributed by atoms with Crippen LogP contribution in [0.2, 0.25) is 0 Å². The molecule has 0 N–H and O–H groups in total. The first-order valence-electron chi connectivity index (χ1n) is 10.6. The lowest BCUT2D eigenvalue weighted by atomic mass is 10.2. The quantitative estimate of drug-likeness (QED) is 0.435. The van der Waals surface area contributed by atoms with E-state index in [2.05, 4.69) is 0 Å². The molecule has 4 rings (SSSR count). The second kappa shape index (κ2) is 11.0. The molecule has 2 aliphatic heterocycles. The van der Waals surface area contributed by atoms with Crippen LogP contribution in [0.1, 0.15) is 5.56 Å². The molecule has 0 unspecified atom stereocenters. The maximum Gasteiger partial charge on any atom is 0.294 e. The summed E-state index contributed by atoms with van der Waals surface area (Å²) in [6.45, 7) is 2.43. The van der Waals surface area contributed by atoms with Crippen LogP contribution in [0.5, 0.6) is 11.5 Å². The number of hydrogen-bond donors (Lipinski definition) is 0. The van der Waals surface area contributed by atoms with Crippen molar-refractivity contribution in [2.24, 2.45) is 0 Å². The van der Waals surface area contributed by atoms with Gasteiger partial charge in [0.1, 0.15) is 31.3 Å². The van der Waals surface area contributed by atoms with E-state index in [0.717, 1.165) is 28.0 Å². The number of morpholine rings is 1. The number of ether oxygens (including phenoxy) is 3. The molecule has 2 aromatic carbocycles. The number of rotatable bonds is 8. The van der Waals surface area contributed by atoms with Gasteiger partial charge in [0.25, 0.3) is 11.1 Å². The summed E-state index contributed by atoms with van der Waals surface area (Å²) in [5, 5.41) is -0.439. The van der Waals surface area contributed by atoms with E-state index >= 15 is 0 Å². The van der Waals surface area contributed by atoms with Gasteiger partial charge in [-0.3, -0.25) is 19.3 Å². The van der Waals surface area contributed by atoms with E-state index in [0.29, 0.717) is 50.2 Å². The van der Waals surface area contributed by atoms with Gasteiger partial charge in [-0.05, 0) is 47.7 Å². The molecule has 172 valence electrons. The van der Waals surface area contributed by atoms with E-state index < -0.39 is 11.1 Å². The monoisotopic (exact) mass is 468 g/mol. The number of thioether (sulfide) groups is 1. The van der Waals surface area contributed by atoms with E-state index in [4.69, 9.17) is 14.2 Å². The summed E-state index contributed by atoms with van der Waals surface area (Å²) in [6.07, 6.45) is 1.65. The summed E-state index contributed by atoms with van der Waals surface area (Å²) in [4.78, 5) is 40.3.